The SMILES string of the molecule is CCC(CC(=O)[C@H]1CC[C@H]2[C@@H]3CC[C@H]4NC(=O)C=C[C@]4(C)[C@H]3CC[C@]12C)c1ccc(F)c(F)c1F. The minimum absolute atomic E-state index is 0.000973. The minimum Gasteiger partial charge on any atom is -0.349 e. The van der Waals surface area contributed by atoms with Crippen molar-refractivity contribution in [3.05, 3.63) is 47.3 Å². The second-order valence-electron chi connectivity index (χ2n) is 11.9. The zero-order valence-electron chi connectivity index (χ0n) is 20.9. The normalized spacial score (nSPS) is 38.8. The molecule has 3 nitrogen and oxygen atoms in total. The maximum atomic E-state index is 14.5. The van der Waals surface area contributed by atoms with Crippen LogP contribution < -0.4 is 5.32 Å². The lowest BCUT2D eigenvalue weighted by Crippen LogP contribution is -2.59. The van der Waals surface area contributed by atoms with Crippen molar-refractivity contribution < 1.29 is 22.8 Å². The summed E-state index contributed by atoms with van der Waals surface area (Å²) in [5, 5.41) is 3.18. The Hall–Kier alpha value is -2.11. The van der Waals surface area contributed by atoms with E-state index in [9.17, 15) is 22.8 Å². The number of carbonyl (C=O) groups excluding carboxylic acids is 2. The van der Waals surface area contributed by atoms with Crippen molar-refractivity contribution in [3.63, 3.8) is 0 Å². The zero-order chi connectivity index (χ0) is 25.1. The molecule has 0 spiro atoms. The van der Waals surface area contributed by atoms with Gasteiger partial charge in [0, 0.05) is 23.8 Å². The number of halogens is 3. The average molecular weight is 488 g/mol. The molecular weight excluding hydrogens is 451 g/mol. The summed E-state index contributed by atoms with van der Waals surface area (Å²) in [4.78, 5) is 25.6. The van der Waals surface area contributed by atoms with Gasteiger partial charge in [-0.15, -0.1) is 0 Å². The summed E-state index contributed by atoms with van der Waals surface area (Å²) < 4.78 is 41.8. The molecule has 1 heterocycles. The molecule has 0 bridgehead atoms. The van der Waals surface area contributed by atoms with E-state index in [1.165, 1.54) is 6.07 Å². The second-order valence-corrected chi connectivity index (χ2v) is 11.9. The highest BCUT2D eigenvalue weighted by Gasteiger charge is 2.60. The summed E-state index contributed by atoms with van der Waals surface area (Å²) in [6.07, 6.45) is 10.4. The van der Waals surface area contributed by atoms with Crippen LogP contribution in [0.3, 0.4) is 0 Å². The van der Waals surface area contributed by atoms with E-state index in [4.69, 9.17) is 0 Å². The van der Waals surface area contributed by atoms with Gasteiger partial charge in [0.2, 0.25) is 5.91 Å². The molecule has 6 heteroatoms. The number of fused-ring (bicyclic) bond motifs is 5. The third kappa shape index (κ3) is 3.77. The van der Waals surface area contributed by atoms with E-state index in [0.717, 1.165) is 44.6 Å². The Morgan fingerprint density at radius 1 is 1.06 bits per heavy atom. The molecule has 5 rings (SSSR count). The third-order valence-corrected chi connectivity index (χ3v) is 10.5. The van der Waals surface area contributed by atoms with E-state index in [0.29, 0.717) is 24.2 Å². The van der Waals surface area contributed by atoms with Gasteiger partial charge in [-0.25, -0.2) is 13.2 Å². The Morgan fingerprint density at radius 2 is 1.83 bits per heavy atom. The first-order valence-corrected chi connectivity index (χ1v) is 13.3. The van der Waals surface area contributed by atoms with Crippen molar-refractivity contribution in [1.82, 2.24) is 5.32 Å². The van der Waals surface area contributed by atoms with E-state index < -0.39 is 23.4 Å². The molecule has 0 aromatic heterocycles. The molecule has 1 unspecified atom stereocenters. The Bertz CT molecular complexity index is 1070. The van der Waals surface area contributed by atoms with Crippen molar-refractivity contribution in [2.24, 2.45) is 34.5 Å². The smallest absolute Gasteiger partial charge is 0.243 e. The second kappa shape index (κ2) is 8.77. The standard InChI is InChI=1S/C29H36F3NO2/c1-4-16(17-5-9-22(30)27(32)26(17)31)15-23(34)21-8-7-19-18-6-10-24-29(3,14-12-25(35)33-24)20(18)11-13-28(19,21)2/h5,9,12,14,16,18-21,24H,4,6-8,10-11,13,15H2,1-3H3,(H,33,35)/t16?,18-,19-,20-,21+,24+,28-,29+/m0/s1. The molecule has 35 heavy (non-hydrogen) atoms. The number of nitrogens with one attached hydrogen (secondary N) is 1. The zero-order valence-corrected chi connectivity index (χ0v) is 20.9. The van der Waals surface area contributed by atoms with Gasteiger partial charge in [-0.1, -0.05) is 32.9 Å². The third-order valence-electron chi connectivity index (χ3n) is 10.5. The molecule has 8 atom stereocenters. The number of ketones is 1. The number of amides is 1. The molecule has 0 saturated heterocycles. The van der Waals surface area contributed by atoms with Crippen molar-refractivity contribution in [1.29, 1.82) is 0 Å². The summed E-state index contributed by atoms with van der Waals surface area (Å²) in [6.45, 7) is 6.42. The lowest BCUT2D eigenvalue weighted by molar-refractivity contribution is -0.132. The van der Waals surface area contributed by atoms with Gasteiger partial charge in [0.1, 0.15) is 5.78 Å². The number of carbonyl (C=O) groups is 2. The minimum atomic E-state index is -1.46. The van der Waals surface area contributed by atoms with Crippen LogP contribution in [0.5, 0.6) is 0 Å². The number of rotatable bonds is 5. The highest BCUT2D eigenvalue weighted by Crippen LogP contribution is 2.65. The van der Waals surface area contributed by atoms with E-state index >= 15 is 0 Å². The van der Waals surface area contributed by atoms with Crippen LogP contribution in [-0.2, 0) is 9.59 Å². The summed E-state index contributed by atoms with van der Waals surface area (Å²) in [7, 11) is 0. The molecule has 1 N–H and O–H groups in total. The van der Waals surface area contributed by atoms with E-state index in [1.54, 1.807) is 6.08 Å². The molecule has 0 radical (unpaired) electrons. The topological polar surface area (TPSA) is 46.2 Å². The fraction of sp³-hybridized carbons (Fsp3) is 0.655. The Balaban J connectivity index is 1.35. The molecule has 3 saturated carbocycles. The van der Waals surface area contributed by atoms with Crippen LogP contribution in [0.25, 0.3) is 0 Å². The molecule has 4 aliphatic rings. The summed E-state index contributed by atoms with van der Waals surface area (Å²) in [5.41, 5.74) is -0.0355. The van der Waals surface area contributed by atoms with Crippen LogP contribution in [0.1, 0.15) is 83.6 Å². The van der Waals surface area contributed by atoms with Gasteiger partial charge in [-0.05, 0) is 91.7 Å². The van der Waals surface area contributed by atoms with Gasteiger partial charge in [0.25, 0.3) is 0 Å². The Kier molecular flexibility index (Phi) is 6.16. The van der Waals surface area contributed by atoms with Crippen LogP contribution in [0.15, 0.2) is 24.3 Å². The highest BCUT2D eigenvalue weighted by atomic mass is 19.2. The van der Waals surface area contributed by atoms with Gasteiger partial charge in [-0.3, -0.25) is 9.59 Å². The quantitative estimate of drug-likeness (QED) is 0.484. The highest BCUT2D eigenvalue weighted by molar-refractivity contribution is 5.89. The fourth-order valence-electron chi connectivity index (χ4n) is 8.58. The first-order valence-electron chi connectivity index (χ1n) is 13.3. The van der Waals surface area contributed by atoms with E-state index in [1.807, 2.05) is 6.92 Å². The van der Waals surface area contributed by atoms with Crippen molar-refractivity contribution in [3.8, 4) is 0 Å². The van der Waals surface area contributed by atoms with E-state index in [-0.39, 0.29) is 46.5 Å². The number of Topliss-reactive ketones (excluding diaryl/α,β-unsaturated/α-hetero) is 1. The lowest BCUT2D eigenvalue weighted by atomic mass is 9.47. The number of hydrogen-bond acceptors (Lipinski definition) is 2. The molecule has 1 aromatic rings. The molecule has 3 aliphatic carbocycles. The average Bonchev–Trinajstić information content (AvgIpc) is 3.19. The van der Waals surface area contributed by atoms with Gasteiger partial charge >= 0.3 is 0 Å². The van der Waals surface area contributed by atoms with Gasteiger partial charge in [-0.2, -0.15) is 0 Å². The van der Waals surface area contributed by atoms with Gasteiger partial charge < -0.3 is 5.32 Å². The van der Waals surface area contributed by atoms with Crippen LogP contribution in [0.4, 0.5) is 13.2 Å². The molecule has 190 valence electrons. The molecule has 3 fully saturated rings. The first-order chi connectivity index (χ1) is 16.6. The molecule has 1 amide bonds. The number of benzene rings is 1. The Labute approximate surface area is 205 Å². The van der Waals surface area contributed by atoms with Crippen LogP contribution in [0, 0.1) is 52.0 Å². The molecule has 1 aliphatic heterocycles. The monoisotopic (exact) mass is 487 g/mol. The summed E-state index contributed by atoms with van der Waals surface area (Å²) >= 11 is 0. The summed E-state index contributed by atoms with van der Waals surface area (Å²) in [5.74, 6) is -2.76. The van der Waals surface area contributed by atoms with Crippen molar-refractivity contribution in [2.75, 3.05) is 0 Å². The van der Waals surface area contributed by atoms with Crippen molar-refractivity contribution >= 4 is 11.7 Å². The maximum absolute atomic E-state index is 14.5. The largest absolute Gasteiger partial charge is 0.349 e. The lowest BCUT2D eigenvalue weighted by Gasteiger charge is -2.58. The number of hydrogen-bond donors (Lipinski definition) is 1. The fourth-order valence-corrected chi connectivity index (χ4v) is 8.58. The van der Waals surface area contributed by atoms with E-state index in [2.05, 4.69) is 25.2 Å². The van der Waals surface area contributed by atoms with Crippen LogP contribution >= 0.6 is 0 Å². The Morgan fingerprint density at radius 3 is 2.57 bits per heavy atom. The maximum Gasteiger partial charge on any atom is 0.243 e. The summed E-state index contributed by atoms with van der Waals surface area (Å²) in [6, 6.07) is 2.42. The van der Waals surface area contributed by atoms with Crippen molar-refractivity contribution in [2.45, 2.75) is 84.1 Å². The molecule has 1 aromatic carbocycles. The van der Waals surface area contributed by atoms with Crippen LogP contribution in [-0.4, -0.2) is 17.7 Å². The predicted molar refractivity (Wildman–Crippen MR) is 128 cm³/mol. The van der Waals surface area contributed by atoms with Gasteiger partial charge in [0.15, 0.2) is 17.5 Å². The van der Waals surface area contributed by atoms with Gasteiger partial charge in [0.05, 0.1) is 0 Å². The first kappa shape index (κ1) is 24.6. The van der Waals surface area contributed by atoms with Crippen LogP contribution in [0.2, 0.25) is 0 Å². The predicted octanol–water partition coefficient (Wildman–Crippen LogP) is 6.47. The molecular formula is C29H36F3NO2.